The van der Waals surface area contributed by atoms with Gasteiger partial charge in [-0.15, -0.1) is 0 Å². The first-order valence-corrected chi connectivity index (χ1v) is 10.0. The van der Waals surface area contributed by atoms with Gasteiger partial charge in [0.05, 0.1) is 0 Å². The summed E-state index contributed by atoms with van der Waals surface area (Å²) >= 11 is 6.03. The van der Waals surface area contributed by atoms with E-state index < -0.39 is 0 Å². The van der Waals surface area contributed by atoms with Gasteiger partial charge in [-0.3, -0.25) is 9.69 Å². The molecule has 0 aliphatic heterocycles. The van der Waals surface area contributed by atoms with Crippen molar-refractivity contribution in [2.45, 2.75) is 33.1 Å². The fraction of sp³-hybridized carbons (Fsp3) is 0.208. The molecule has 0 atom stereocenters. The fourth-order valence-electron chi connectivity index (χ4n) is 3.21. The van der Waals surface area contributed by atoms with Crippen LogP contribution in [-0.4, -0.2) is 10.8 Å². The van der Waals surface area contributed by atoms with E-state index >= 15 is 0 Å². The minimum Gasteiger partial charge on any atom is -0.326 e. The Bertz CT molecular complexity index is 922. The lowest BCUT2D eigenvalue weighted by Crippen LogP contribution is -2.22. The van der Waals surface area contributed by atoms with Crippen molar-refractivity contribution >= 4 is 23.2 Å². The van der Waals surface area contributed by atoms with Crippen molar-refractivity contribution in [3.63, 3.8) is 0 Å². The third-order valence-electron chi connectivity index (χ3n) is 4.66. The van der Waals surface area contributed by atoms with Gasteiger partial charge < -0.3 is 11.1 Å². The van der Waals surface area contributed by atoms with E-state index in [1.165, 1.54) is 23.6 Å². The lowest BCUT2D eigenvalue weighted by Gasteiger charge is -2.23. The maximum Gasteiger partial charge on any atom is 0.221 e. The molecule has 0 spiro atoms. The Morgan fingerprint density at radius 1 is 0.793 bits per heavy atom. The Balaban J connectivity index is 1.75. The Labute approximate surface area is 177 Å². The van der Waals surface area contributed by atoms with Gasteiger partial charge >= 0.3 is 0 Å². The first kappa shape index (κ1) is 21.1. The zero-order valence-electron chi connectivity index (χ0n) is 16.6. The van der Waals surface area contributed by atoms with E-state index in [0.717, 1.165) is 35.9 Å². The van der Waals surface area contributed by atoms with Crippen LogP contribution in [0.4, 0.5) is 5.69 Å². The van der Waals surface area contributed by atoms with Gasteiger partial charge in [0.2, 0.25) is 5.91 Å². The van der Waals surface area contributed by atoms with E-state index in [2.05, 4.69) is 58.7 Å². The zero-order valence-corrected chi connectivity index (χ0v) is 17.3. The van der Waals surface area contributed by atoms with Crippen LogP contribution in [0, 0.1) is 0 Å². The van der Waals surface area contributed by atoms with Gasteiger partial charge in [-0.1, -0.05) is 60.1 Å². The van der Waals surface area contributed by atoms with Crippen LogP contribution < -0.4 is 11.1 Å². The van der Waals surface area contributed by atoms with Gasteiger partial charge in [-0.2, -0.15) is 0 Å². The van der Waals surface area contributed by atoms with E-state index in [1.54, 1.807) is 0 Å². The minimum absolute atomic E-state index is 0.0666. The Morgan fingerprint density at radius 2 is 1.21 bits per heavy atom. The number of nitrogens with zero attached hydrogens (tertiary/aromatic N) is 1. The molecular formula is C24H26ClN3O. The maximum atomic E-state index is 11.2. The molecule has 3 rings (SSSR count). The summed E-state index contributed by atoms with van der Waals surface area (Å²) in [7, 11) is 0. The molecule has 29 heavy (non-hydrogen) atoms. The topological polar surface area (TPSA) is 58.4 Å². The summed E-state index contributed by atoms with van der Waals surface area (Å²) in [4.78, 5) is 13.6. The molecule has 1 amide bonds. The van der Waals surface area contributed by atoms with Crippen LogP contribution in [0.15, 0.2) is 72.8 Å². The zero-order chi connectivity index (χ0) is 20.6. The molecule has 0 aliphatic carbocycles. The molecule has 0 fully saturated rings. The van der Waals surface area contributed by atoms with Crippen LogP contribution in [0.1, 0.15) is 29.2 Å². The van der Waals surface area contributed by atoms with Crippen LogP contribution in [0.2, 0.25) is 5.02 Å². The third-order valence-corrected chi connectivity index (χ3v) is 4.92. The summed E-state index contributed by atoms with van der Waals surface area (Å²) in [5.41, 5.74) is 11.3. The van der Waals surface area contributed by atoms with Gasteiger partial charge in [-0.05, 0) is 46.5 Å². The first-order chi connectivity index (χ1) is 14.0. The van der Waals surface area contributed by atoms with E-state index in [0.29, 0.717) is 6.54 Å². The highest BCUT2D eigenvalue weighted by Gasteiger charge is 2.09. The maximum absolute atomic E-state index is 11.2. The number of anilines is 1. The average Bonchev–Trinajstić information content (AvgIpc) is 2.71. The number of carbonyl (C=O) groups is 1. The lowest BCUT2D eigenvalue weighted by molar-refractivity contribution is -0.114. The summed E-state index contributed by atoms with van der Waals surface area (Å²) in [5, 5.41) is 3.55. The number of halogens is 1. The van der Waals surface area contributed by atoms with Gasteiger partial charge in [-0.25, -0.2) is 0 Å². The van der Waals surface area contributed by atoms with E-state index in [1.807, 2.05) is 24.3 Å². The number of rotatable bonds is 8. The Hall–Kier alpha value is -2.66. The summed E-state index contributed by atoms with van der Waals surface area (Å²) in [5.74, 6) is -0.0666. The summed E-state index contributed by atoms with van der Waals surface area (Å²) in [6, 6.07) is 24.4. The normalized spacial score (nSPS) is 10.9. The quantitative estimate of drug-likeness (QED) is 0.554. The molecule has 4 nitrogen and oxygen atoms in total. The number of nitrogens with two attached hydrogens (primary N) is 1. The lowest BCUT2D eigenvalue weighted by atomic mass is 10.1. The highest BCUT2D eigenvalue weighted by Crippen LogP contribution is 2.18. The van der Waals surface area contributed by atoms with Crippen LogP contribution in [-0.2, 0) is 31.0 Å². The standard InChI is InChI=1S/C24H26ClN3O/c1-18(29)27-24-12-8-22(9-13-24)17-28(16-21-6-10-23(25)11-7-21)15-20-4-2-19(14-26)3-5-20/h2-13H,14-17,26H2,1H3,(H,27,29). The van der Waals surface area contributed by atoms with E-state index in [9.17, 15) is 4.79 Å². The second-order valence-electron chi connectivity index (χ2n) is 7.17. The number of benzene rings is 3. The molecule has 3 aromatic carbocycles. The summed E-state index contributed by atoms with van der Waals surface area (Å²) < 4.78 is 0. The Kier molecular flexibility index (Phi) is 7.42. The molecule has 0 radical (unpaired) electrons. The largest absolute Gasteiger partial charge is 0.326 e. The Morgan fingerprint density at radius 3 is 1.66 bits per heavy atom. The van der Waals surface area contributed by atoms with Crippen molar-refractivity contribution < 1.29 is 4.79 Å². The van der Waals surface area contributed by atoms with Gasteiger partial charge in [0.1, 0.15) is 0 Å². The third kappa shape index (κ3) is 6.71. The molecule has 5 heteroatoms. The summed E-state index contributed by atoms with van der Waals surface area (Å²) in [6.45, 7) is 4.49. The van der Waals surface area contributed by atoms with Crippen molar-refractivity contribution in [2.75, 3.05) is 5.32 Å². The first-order valence-electron chi connectivity index (χ1n) is 9.63. The van der Waals surface area contributed by atoms with Crippen LogP contribution in [0.3, 0.4) is 0 Å². The molecule has 0 aromatic heterocycles. The van der Waals surface area contributed by atoms with Crippen molar-refractivity contribution in [3.8, 4) is 0 Å². The van der Waals surface area contributed by atoms with E-state index in [-0.39, 0.29) is 5.91 Å². The highest BCUT2D eigenvalue weighted by molar-refractivity contribution is 6.30. The van der Waals surface area contributed by atoms with E-state index in [4.69, 9.17) is 17.3 Å². The monoisotopic (exact) mass is 407 g/mol. The molecule has 3 aromatic rings. The molecule has 0 aliphatic rings. The predicted octanol–water partition coefficient (Wildman–Crippen LogP) is 4.96. The molecule has 0 saturated carbocycles. The predicted molar refractivity (Wildman–Crippen MR) is 119 cm³/mol. The number of amides is 1. The smallest absolute Gasteiger partial charge is 0.221 e. The van der Waals surface area contributed by atoms with Crippen LogP contribution in [0.25, 0.3) is 0 Å². The molecule has 3 N–H and O–H groups in total. The second kappa shape index (κ2) is 10.2. The minimum atomic E-state index is -0.0666. The van der Waals surface area contributed by atoms with Crippen molar-refractivity contribution in [1.82, 2.24) is 4.90 Å². The number of hydrogen-bond acceptors (Lipinski definition) is 3. The molecule has 0 bridgehead atoms. The van der Waals surface area contributed by atoms with Gasteiger partial charge in [0.15, 0.2) is 0 Å². The SMILES string of the molecule is CC(=O)Nc1ccc(CN(Cc2ccc(Cl)cc2)Cc2ccc(CN)cc2)cc1. The van der Waals surface area contributed by atoms with Crippen LogP contribution >= 0.6 is 11.6 Å². The molecule has 0 heterocycles. The molecular weight excluding hydrogens is 382 g/mol. The second-order valence-corrected chi connectivity index (χ2v) is 7.61. The molecule has 0 unspecified atom stereocenters. The number of nitrogens with one attached hydrogen (secondary N) is 1. The van der Waals surface area contributed by atoms with Gasteiger partial charge in [0.25, 0.3) is 0 Å². The molecule has 150 valence electrons. The number of hydrogen-bond donors (Lipinski definition) is 2. The summed E-state index contributed by atoms with van der Waals surface area (Å²) in [6.07, 6.45) is 0. The van der Waals surface area contributed by atoms with Crippen molar-refractivity contribution in [3.05, 3.63) is 100 Å². The van der Waals surface area contributed by atoms with Crippen molar-refractivity contribution in [2.24, 2.45) is 5.73 Å². The number of carbonyl (C=O) groups excluding carboxylic acids is 1. The van der Waals surface area contributed by atoms with Crippen LogP contribution in [0.5, 0.6) is 0 Å². The fourth-order valence-corrected chi connectivity index (χ4v) is 3.34. The van der Waals surface area contributed by atoms with Gasteiger partial charge in [0, 0.05) is 43.8 Å². The molecule has 0 saturated heterocycles. The van der Waals surface area contributed by atoms with Crippen molar-refractivity contribution in [1.29, 1.82) is 0 Å². The highest BCUT2D eigenvalue weighted by atomic mass is 35.5. The average molecular weight is 408 g/mol.